The van der Waals surface area contributed by atoms with E-state index in [2.05, 4.69) is 20.3 Å². The second kappa shape index (κ2) is 5.16. The van der Waals surface area contributed by atoms with Gasteiger partial charge >= 0.3 is 5.97 Å². The second-order valence-corrected chi connectivity index (χ2v) is 4.43. The molecule has 3 rings (SSSR count). The Morgan fingerprint density at radius 2 is 2.14 bits per heavy atom. The normalized spacial score (nSPS) is 10.7. The Balaban J connectivity index is 2.10. The third kappa shape index (κ3) is 2.38. The van der Waals surface area contributed by atoms with E-state index in [1.165, 1.54) is 4.68 Å². The van der Waals surface area contributed by atoms with Crippen LogP contribution in [0.25, 0.3) is 11.5 Å². The van der Waals surface area contributed by atoms with E-state index in [-0.39, 0.29) is 5.69 Å². The number of aryl methyl sites for hydroxylation is 1. The molecule has 3 heterocycles. The van der Waals surface area contributed by atoms with Gasteiger partial charge in [0, 0.05) is 25.6 Å². The van der Waals surface area contributed by atoms with Crippen molar-refractivity contribution in [1.29, 1.82) is 0 Å². The molecule has 0 bridgehead atoms. The van der Waals surface area contributed by atoms with E-state index in [0.29, 0.717) is 18.1 Å². The minimum absolute atomic E-state index is 0.125. The molecule has 0 unspecified atom stereocenters. The zero-order valence-electron chi connectivity index (χ0n) is 11.2. The predicted molar refractivity (Wildman–Crippen MR) is 72.5 cm³/mol. The molecule has 0 saturated carbocycles. The van der Waals surface area contributed by atoms with Crippen LogP contribution in [-0.4, -0.2) is 40.6 Å². The second-order valence-electron chi connectivity index (χ2n) is 4.43. The molecule has 0 radical (unpaired) electrons. The van der Waals surface area contributed by atoms with Crippen molar-refractivity contribution in [3.63, 3.8) is 0 Å². The Bertz CT molecular complexity index is 777. The van der Waals surface area contributed by atoms with Crippen molar-refractivity contribution in [1.82, 2.24) is 29.5 Å². The molecule has 0 saturated heterocycles. The third-order valence-corrected chi connectivity index (χ3v) is 3.01. The first-order valence-corrected chi connectivity index (χ1v) is 6.21. The molecule has 3 aromatic rings. The van der Waals surface area contributed by atoms with Gasteiger partial charge in [-0.1, -0.05) is 11.3 Å². The van der Waals surface area contributed by atoms with Gasteiger partial charge in [-0.25, -0.2) is 14.5 Å². The fourth-order valence-corrected chi connectivity index (χ4v) is 2.03. The Morgan fingerprint density at radius 3 is 2.76 bits per heavy atom. The van der Waals surface area contributed by atoms with E-state index >= 15 is 0 Å². The van der Waals surface area contributed by atoms with Gasteiger partial charge in [0.05, 0.1) is 12.2 Å². The first-order chi connectivity index (χ1) is 10.2. The summed E-state index contributed by atoms with van der Waals surface area (Å²) in [6.07, 6.45) is 5.00. The average molecular weight is 284 g/mol. The highest BCUT2D eigenvalue weighted by atomic mass is 16.4. The molecule has 3 aromatic heterocycles. The van der Waals surface area contributed by atoms with Gasteiger partial charge in [-0.3, -0.25) is 4.98 Å². The molecule has 0 spiro atoms. The molecule has 0 fully saturated rings. The van der Waals surface area contributed by atoms with E-state index in [9.17, 15) is 9.90 Å². The highest BCUT2D eigenvalue weighted by Crippen LogP contribution is 2.20. The van der Waals surface area contributed by atoms with Crippen molar-refractivity contribution < 1.29 is 9.90 Å². The first-order valence-electron chi connectivity index (χ1n) is 6.21. The smallest absolute Gasteiger partial charge is 0.358 e. The van der Waals surface area contributed by atoms with Crippen LogP contribution in [0, 0.1) is 0 Å². The lowest BCUT2D eigenvalue weighted by atomic mass is 10.3. The summed E-state index contributed by atoms with van der Waals surface area (Å²) in [5, 5.41) is 16.9. The molecule has 0 atom stereocenters. The van der Waals surface area contributed by atoms with E-state index in [1.807, 2.05) is 18.2 Å². The summed E-state index contributed by atoms with van der Waals surface area (Å²) in [6.45, 7) is 0.323. The number of aromatic nitrogens is 6. The number of aromatic carboxylic acids is 1. The van der Waals surface area contributed by atoms with Gasteiger partial charge in [-0.2, -0.15) is 0 Å². The van der Waals surface area contributed by atoms with Crippen LogP contribution < -0.4 is 0 Å². The van der Waals surface area contributed by atoms with Crippen LogP contribution >= 0.6 is 0 Å². The Kier molecular flexibility index (Phi) is 3.19. The number of carboxylic acid groups (broad SMARTS) is 1. The average Bonchev–Trinajstić information content (AvgIpc) is 3.06. The zero-order valence-corrected chi connectivity index (χ0v) is 11.2. The number of pyridine rings is 1. The quantitative estimate of drug-likeness (QED) is 0.761. The number of nitrogens with zero attached hydrogens (tertiary/aromatic N) is 6. The first kappa shape index (κ1) is 13.0. The van der Waals surface area contributed by atoms with Gasteiger partial charge in [0.1, 0.15) is 5.69 Å². The maximum atomic E-state index is 11.3. The lowest BCUT2D eigenvalue weighted by Gasteiger charge is -2.06. The van der Waals surface area contributed by atoms with Crippen molar-refractivity contribution in [2.45, 2.75) is 6.54 Å². The Hall–Kier alpha value is -3.03. The molecular weight excluding hydrogens is 272 g/mol. The number of rotatable bonds is 4. The molecular formula is C13H12N6O2. The highest BCUT2D eigenvalue weighted by molar-refractivity contribution is 5.91. The monoisotopic (exact) mass is 284 g/mol. The maximum absolute atomic E-state index is 11.3. The van der Waals surface area contributed by atoms with E-state index in [0.717, 1.165) is 5.69 Å². The molecule has 1 N–H and O–H groups in total. The van der Waals surface area contributed by atoms with Gasteiger partial charge in [0.15, 0.2) is 5.82 Å². The molecule has 106 valence electrons. The van der Waals surface area contributed by atoms with Crippen molar-refractivity contribution in [2.75, 3.05) is 0 Å². The summed E-state index contributed by atoms with van der Waals surface area (Å²) in [6, 6.07) is 5.51. The van der Waals surface area contributed by atoms with E-state index in [1.54, 1.807) is 30.2 Å². The minimum Gasteiger partial charge on any atom is -0.476 e. The van der Waals surface area contributed by atoms with Gasteiger partial charge in [-0.15, -0.1) is 5.10 Å². The summed E-state index contributed by atoms with van der Waals surface area (Å²) in [5.74, 6) is -0.645. The van der Waals surface area contributed by atoms with E-state index < -0.39 is 5.97 Å². The molecule has 8 heteroatoms. The molecule has 8 nitrogen and oxygen atoms in total. The van der Waals surface area contributed by atoms with Gasteiger partial charge < -0.3 is 9.67 Å². The minimum atomic E-state index is -1.14. The molecule has 0 amide bonds. The number of imidazole rings is 1. The molecule has 0 aliphatic rings. The number of carbonyl (C=O) groups is 1. The summed E-state index contributed by atoms with van der Waals surface area (Å²) < 4.78 is 3.22. The zero-order chi connectivity index (χ0) is 14.8. The largest absolute Gasteiger partial charge is 0.476 e. The van der Waals surface area contributed by atoms with Crippen molar-refractivity contribution >= 4 is 5.97 Å². The molecule has 0 aliphatic carbocycles. The van der Waals surface area contributed by atoms with Crippen LogP contribution in [0.2, 0.25) is 0 Å². The Morgan fingerprint density at radius 1 is 1.29 bits per heavy atom. The fraction of sp³-hybridized carbons (Fsp3) is 0.154. The number of carboxylic acids is 1. The van der Waals surface area contributed by atoms with Crippen LogP contribution in [-0.2, 0) is 13.6 Å². The molecule has 0 aromatic carbocycles. The van der Waals surface area contributed by atoms with Crippen LogP contribution in [0.4, 0.5) is 0 Å². The molecule has 21 heavy (non-hydrogen) atoms. The lowest BCUT2D eigenvalue weighted by Crippen LogP contribution is -2.09. The van der Waals surface area contributed by atoms with Crippen molar-refractivity contribution in [3.05, 3.63) is 48.2 Å². The van der Waals surface area contributed by atoms with Crippen molar-refractivity contribution in [3.8, 4) is 11.5 Å². The summed E-state index contributed by atoms with van der Waals surface area (Å²) in [4.78, 5) is 19.7. The van der Waals surface area contributed by atoms with Crippen LogP contribution in [0.1, 0.15) is 16.2 Å². The van der Waals surface area contributed by atoms with Crippen molar-refractivity contribution in [2.24, 2.45) is 7.05 Å². The third-order valence-electron chi connectivity index (χ3n) is 3.01. The predicted octanol–water partition coefficient (Wildman–Crippen LogP) is 0.820. The number of hydrogen-bond donors (Lipinski definition) is 1. The van der Waals surface area contributed by atoms with Gasteiger partial charge in [0.25, 0.3) is 0 Å². The van der Waals surface area contributed by atoms with Gasteiger partial charge in [0.2, 0.25) is 5.69 Å². The van der Waals surface area contributed by atoms with Crippen LogP contribution in [0.5, 0.6) is 0 Å². The lowest BCUT2D eigenvalue weighted by molar-refractivity contribution is 0.0691. The summed E-state index contributed by atoms with van der Waals surface area (Å²) in [7, 11) is 1.78. The van der Waals surface area contributed by atoms with Crippen LogP contribution in [0.15, 0.2) is 36.8 Å². The maximum Gasteiger partial charge on any atom is 0.358 e. The van der Waals surface area contributed by atoms with Crippen LogP contribution in [0.3, 0.4) is 0 Å². The molecule has 0 aliphatic heterocycles. The van der Waals surface area contributed by atoms with Gasteiger partial charge in [-0.05, 0) is 12.1 Å². The highest BCUT2D eigenvalue weighted by Gasteiger charge is 2.23. The van der Waals surface area contributed by atoms with E-state index in [4.69, 9.17) is 0 Å². The summed E-state index contributed by atoms with van der Waals surface area (Å²) >= 11 is 0. The fourth-order valence-electron chi connectivity index (χ4n) is 2.03. The summed E-state index contributed by atoms with van der Waals surface area (Å²) in [5.41, 5.74) is 0.996. The Labute approximate surface area is 119 Å². The topological polar surface area (TPSA) is 98.7 Å². The SMILES string of the molecule is Cn1ccnc1-c1c(C(=O)O)nnn1Cc1ccccn1. The standard InChI is InChI=1S/C13H12N6O2/c1-18-7-6-15-12(18)11-10(13(20)21)16-17-19(11)8-9-4-2-3-5-14-9/h2-7H,8H2,1H3,(H,20,21). The number of hydrogen-bond acceptors (Lipinski definition) is 5.